The van der Waals surface area contributed by atoms with Crippen LogP contribution in [0, 0.1) is 0 Å². The number of anilines is 2. The van der Waals surface area contributed by atoms with Crippen LogP contribution in [0.2, 0.25) is 10.6 Å². The monoisotopic (exact) mass is 904 g/mol. The highest BCUT2D eigenvalue weighted by Gasteiger charge is 2.49. The topological polar surface area (TPSA) is 310 Å². The SMILES string of the molecule is CCNC(=O)[C@H]1O[C@@H](n2cnc3c(NC4CCC(NC(=O)NC5CCC(Nc6nc(Cl)nc7c6ncn7[C@@H]6O[C@H](C(=O)NCC)[C@@H](O)[C@H]6O)CC5)CC4)nc(Cl)nc32)[C@H](O)[C@@H]1O. The lowest BCUT2D eigenvalue weighted by molar-refractivity contribution is -0.138. The molecule has 6 heterocycles. The van der Waals surface area contributed by atoms with E-state index in [0.29, 0.717) is 61.4 Å². The van der Waals surface area contributed by atoms with Crippen molar-refractivity contribution in [2.24, 2.45) is 0 Å². The molecule has 4 fully saturated rings. The van der Waals surface area contributed by atoms with Gasteiger partial charge in [0.05, 0.1) is 12.7 Å². The van der Waals surface area contributed by atoms with Gasteiger partial charge in [0.1, 0.15) is 24.4 Å². The van der Waals surface area contributed by atoms with E-state index in [0.717, 1.165) is 25.7 Å². The zero-order valence-corrected chi connectivity index (χ0v) is 35.3. The molecule has 8 atom stereocenters. The second-order valence-corrected chi connectivity index (χ2v) is 16.7. The average molecular weight is 906 g/mol. The van der Waals surface area contributed by atoms with Gasteiger partial charge in [-0.25, -0.2) is 14.8 Å². The summed E-state index contributed by atoms with van der Waals surface area (Å²) in [4.78, 5) is 64.1. The number of carbonyl (C=O) groups excluding carboxylic acids is 3. The summed E-state index contributed by atoms with van der Waals surface area (Å²) in [7, 11) is 0. The molecule has 2 saturated carbocycles. The van der Waals surface area contributed by atoms with Crippen molar-refractivity contribution in [1.29, 1.82) is 0 Å². The number of nitrogens with zero attached hydrogens (tertiary/aromatic N) is 8. The number of fused-ring (bicyclic) bond motifs is 2. The Morgan fingerprint density at radius 3 is 1.35 bits per heavy atom. The minimum Gasteiger partial charge on any atom is -0.387 e. The first-order chi connectivity index (χ1) is 29.8. The van der Waals surface area contributed by atoms with Crippen molar-refractivity contribution in [2.75, 3.05) is 23.7 Å². The van der Waals surface area contributed by atoms with Crippen LogP contribution < -0.4 is 31.9 Å². The first-order valence-corrected chi connectivity index (χ1v) is 21.6. The van der Waals surface area contributed by atoms with Crippen LogP contribution in [0.4, 0.5) is 16.4 Å². The van der Waals surface area contributed by atoms with E-state index in [1.54, 1.807) is 13.8 Å². The van der Waals surface area contributed by atoms with Gasteiger partial charge < -0.3 is 61.8 Å². The second kappa shape index (κ2) is 18.5. The summed E-state index contributed by atoms with van der Waals surface area (Å²) in [5, 5.41) is 60.7. The van der Waals surface area contributed by atoms with E-state index < -0.39 is 60.9 Å². The number of aliphatic hydroxyl groups is 4. The van der Waals surface area contributed by atoms with Gasteiger partial charge in [-0.15, -0.1) is 0 Å². The van der Waals surface area contributed by atoms with Gasteiger partial charge in [-0.05, 0) is 88.4 Å². The standard InChI is InChI=1S/C37H50Cl2N14O9/c1-3-40-31(58)25-21(54)23(56)33(61-25)52-13-42-19-27(48-35(38)50-29(19)52)44-15-5-9-17(10-6-15)46-37(60)47-18-11-7-16(8-12-18)45-28-20-30(51-36(39)49-28)53(14-43-20)34-24(57)22(55)26(62-34)32(59)41-4-2/h13-18,21-26,33-34,54-57H,3-12H2,1-2H3,(H,40,58)(H,41,59)(H,44,48,50)(H,45,49,51)(H2,46,47,60)/t15?,16?,17?,18?,21-,22-,23+,24+,25-,26-,33+,34+/m0/s1. The summed E-state index contributed by atoms with van der Waals surface area (Å²) in [5.41, 5.74) is 1.27. The van der Waals surface area contributed by atoms with Crippen molar-refractivity contribution in [3.8, 4) is 0 Å². The van der Waals surface area contributed by atoms with E-state index >= 15 is 0 Å². The first-order valence-electron chi connectivity index (χ1n) is 20.8. The van der Waals surface area contributed by atoms with Gasteiger partial charge in [0.2, 0.25) is 10.6 Å². The number of halogens is 2. The molecule has 0 spiro atoms. The number of ether oxygens (including phenoxy) is 2. The lowest BCUT2D eigenvalue weighted by Crippen LogP contribution is -2.49. The number of amides is 4. The second-order valence-electron chi connectivity index (χ2n) is 16.0. The molecule has 0 radical (unpaired) electrons. The Labute approximate surface area is 364 Å². The number of imidazole rings is 2. The molecule has 0 unspecified atom stereocenters. The van der Waals surface area contributed by atoms with Crippen molar-refractivity contribution >= 4 is 75.0 Å². The molecule has 10 N–H and O–H groups in total. The summed E-state index contributed by atoms with van der Waals surface area (Å²) in [6.45, 7) is 4.14. The fourth-order valence-corrected chi connectivity index (χ4v) is 9.01. The molecule has 4 aromatic rings. The molecule has 4 amide bonds. The summed E-state index contributed by atoms with van der Waals surface area (Å²) >= 11 is 12.6. The van der Waals surface area contributed by atoms with Crippen LogP contribution in [0.15, 0.2) is 12.7 Å². The molecule has 4 aromatic heterocycles. The third-order valence-corrected chi connectivity index (χ3v) is 12.2. The number of likely N-dealkylation sites (N-methyl/N-ethyl adjacent to an activating group) is 2. The smallest absolute Gasteiger partial charge is 0.315 e. The van der Waals surface area contributed by atoms with E-state index in [4.69, 9.17) is 32.7 Å². The van der Waals surface area contributed by atoms with E-state index in [1.165, 1.54) is 21.8 Å². The Balaban J connectivity index is 0.805. The number of hydrogen-bond acceptors (Lipinski definition) is 17. The van der Waals surface area contributed by atoms with Crippen LogP contribution >= 0.6 is 23.2 Å². The molecule has 0 bridgehead atoms. The normalized spacial score (nSPS) is 31.2. The van der Waals surface area contributed by atoms with Crippen LogP contribution in [-0.2, 0) is 19.1 Å². The lowest BCUT2D eigenvalue weighted by atomic mass is 9.90. The van der Waals surface area contributed by atoms with Gasteiger partial charge >= 0.3 is 6.03 Å². The predicted molar refractivity (Wildman–Crippen MR) is 221 cm³/mol. The Hall–Kier alpha value is -4.75. The van der Waals surface area contributed by atoms with Gasteiger partial charge in [0.25, 0.3) is 11.8 Å². The number of aliphatic hydroxyl groups excluding tert-OH is 4. The summed E-state index contributed by atoms with van der Waals surface area (Å²) in [5.74, 6) is -0.309. The minimum atomic E-state index is -1.46. The van der Waals surface area contributed by atoms with Crippen LogP contribution in [0.1, 0.15) is 77.7 Å². The molecule has 23 nitrogen and oxygen atoms in total. The summed E-state index contributed by atoms with van der Waals surface area (Å²) < 4.78 is 14.4. The number of aromatic nitrogens is 8. The fraction of sp³-hybridized carbons (Fsp3) is 0.649. The molecule has 62 heavy (non-hydrogen) atoms. The maximum Gasteiger partial charge on any atom is 0.315 e. The van der Waals surface area contributed by atoms with Crippen molar-refractivity contribution < 1.29 is 44.3 Å². The third kappa shape index (κ3) is 8.89. The van der Waals surface area contributed by atoms with E-state index in [2.05, 4.69) is 61.8 Å². The highest BCUT2D eigenvalue weighted by Crippen LogP contribution is 2.36. The molecule has 25 heteroatoms. The zero-order valence-electron chi connectivity index (χ0n) is 33.8. The quantitative estimate of drug-likeness (QED) is 0.0851. The molecular weight excluding hydrogens is 855 g/mol. The Morgan fingerprint density at radius 2 is 0.984 bits per heavy atom. The fourth-order valence-electron chi connectivity index (χ4n) is 8.68. The maximum atomic E-state index is 13.1. The molecule has 2 saturated heterocycles. The molecule has 336 valence electrons. The van der Waals surface area contributed by atoms with Crippen molar-refractivity contribution in [2.45, 2.75) is 138 Å². The average Bonchev–Trinajstić information content (AvgIpc) is 4.00. The van der Waals surface area contributed by atoms with Crippen molar-refractivity contribution in [3.63, 3.8) is 0 Å². The third-order valence-electron chi connectivity index (χ3n) is 11.8. The van der Waals surface area contributed by atoms with Gasteiger partial charge in [-0.2, -0.15) is 19.9 Å². The number of urea groups is 1. The van der Waals surface area contributed by atoms with E-state index in [-0.39, 0.29) is 52.1 Å². The number of nitrogens with one attached hydrogen (secondary N) is 6. The number of carbonyl (C=O) groups is 3. The highest BCUT2D eigenvalue weighted by molar-refractivity contribution is 6.29. The van der Waals surface area contributed by atoms with Crippen molar-refractivity contribution in [3.05, 3.63) is 23.2 Å². The van der Waals surface area contributed by atoms with E-state index in [9.17, 15) is 34.8 Å². The zero-order chi connectivity index (χ0) is 43.8. The van der Waals surface area contributed by atoms with Gasteiger partial charge in [0, 0.05) is 37.3 Å². The number of hydrogen-bond donors (Lipinski definition) is 10. The molecule has 2 aliphatic carbocycles. The molecular formula is C37H50Cl2N14O9. The predicted octanol–water partition coefficient (Wildman–Crippen LogP) is 0.229. The Kier molecular flexibility index (Phi) is 13.1. The van der Waals surface area contributed by atoms with Gasteiger partial charge in [0.15, 0.2) is 58.6 Å². The molecule has 2 aliphatic heterocycles. The number of rotatable bonds is 12. The van der Waals surface area contributed by atoms with Crippen LogP contribution in [0.3, 0.4) is 0 Å². The van der Waals surface area contributed by atoms with Crippen LogP contribution in [0.25, 0.3) is 22.3 Å². The van der Waals surface area contributed by atoms with Gasteiger partial charge in [-0.1, -0.05) is 0 Å². The van der Waals surface area contributed by atoms with Crippen LogP contribution in [-0.4, -0.2) is 151 Å². The molecule has 8 rings (SSSR count). The summed E-state index contributed by atoms with van der Waals surface area (Å²) in [6.07, 6.45) is -2.07. The van der Waals surface area contributed by atoms with Crippen molar-refractivity contribution in [1.82, 2.24) is 60.3 Å². The lowest BCUT2D eigenvalue weighted by Gasteiger charge is -2.32. The Morgan fingerprint density at radius 1 is 0.613 bits per heavy atom. The maximum absolute atomic E-state index is 13.1. The first kappa shape index (κ1) is 43.9. The van der Waals surface area contributed by atoms with Crippen LogP contribution in [0.5, 0.6) is 0 Å². The molecule has 4 aliphatic rings. The molecule has 0 aromatic carbocycles. The Bertz CT molecular complexity index is 2120. The van der Waals surface area contributed by atoms with Gasteiger partial charge in [-0.3, -0.25) is 18.7 Å². The van der Waals surface area contributed by atoms with E-state index in [1.807, 2.05) is 0 Å². The minimum absolute atomic E-state index is 0.00287. The largest absolute Gasteiger partial charge is 0.387 e. The highest BCUT2D eigenvalue weighted by atomic mass is 35.5. The summed E-state index contributed by atoms with van der Waals surface area (Å²) in [6, 6.07) is -0.302.